The number of alkyl halides is 1. The summed E-state index contributed by atoms with van der Waals surface area (Å²) in [5.41, 5.74) is 0. The van der Waals surface area contributed by atoms with Gasteiger partial charge in [0.1, 0.15) is 0 Å². The van der Waals surface area contributed by atoms with Gasteiger partial charge in [-0.15, -0.1) is 22.9 Å². The van der Waals surface area contributed by atoms with Crippen LogP contribution in [0.25, 0.3) is 0 Å². The summed E-state index contributed by atoms with van der Waals surface area (Å²) < 4.78 is 0. The molecule has 1 aliphatic heterocycles. The molecule has 1 atom stereocenters. The summed E-state index contributed by atoms with van der Waals surface area (Å²) in [7, 11) is 0. The van der Waals surface area contributed by atoms with Crippen molar-refractivity contribution >= 4 is 22.9 Å². The van der Waals surface area contributed by atoms with Gasteiger partial charge < -0.3 is 0 Å². The van der Waals surface area contributed by atoms with Gasteiger partial charge in [0.15, 0.2) is 0 Å². The van der Waals surface area contributed by atoms with Crippen LogP contribution in [0, 0.1) is 0 Å². The number of rotatable bonds is 4. The van der Waals surface area contributed by atoms with Gasteiger partial charge in [-0.25, -0.2) is 0 Å². The largest absolute Gasteiger partial charge is 0.299 e. The minimum Gasteiger partial charge on any atom is -0.299 e. The van der Waals surface area contributed by atoms with Crippen LogP contribution in [0.3, 0.4) is 0 Å². The second-order valence-corrected chi connectivity index (χ2v) is 5.51. The molecule has 0 bridgehead atoms. The fourth-order valence-electron chi connectivity index (χ4n) is 2.24. The third-order valence-electron chi connectivity index (χ3n) is 3.15. The van der Waals surface area contributed by atoms with Gasteiger partial charge in [0.05, 0.1) is 0 Å². The molecule has 1 unspecified atom stereocenters. The molecule has 1 saturated heterocycles. The molecular weight excluding hydrogens is 226 g/mol. The fourth-order valence-corrected chi connectivity index (χ4v) is 3.29. The molecule has 84 valence electrons. The van der Waals surface area contributed by atoms with Crippen LogP contribution in [0.1, 0.15) is 24.1 Å². The molecule has 3 heteroatoms. The predicted molar refractivity (Wildman–Crippen MR) is 68.0 cm³/mol. The molecule has 0 N–H and O–H groups in total. The maximum Gasteiger partial charge on any atom is 0.0379 e. The maximum absolute atomic E-state index is 6.00. The van der Waals surface area contributed by atoms with Crippen LogP contribution in [0.2, 0.25) is 0 Å². The Labute approximate surface area is 101 Å². The molecule has 1 aliphatic rings. The molecule has 0 saturated carbocycles. The highest BCUT2D eigenvalue weighted by Gasteiger charge is 2.20. The Kier molecular flexibility index (Phi) is 4.48. The lowest BCUT2D eigenvalue weighted by molar-refractivity contribution is 0.165. The van der Waals surface area contributed by atoms with Gasteiger partial charge in [0, 0.05) is 23.3 Å². The lowest BCUT2D eigenvalue weighted by Crippen LogP contribution is -2.41. The third-order valence-corrected chi connectivity index (χ3v) is 4.45. The fraction of sp³-hybridized carbons (Fsp3) is 0.667. The molecule has 2 rings (SSSR count). The lowest BCUT2D eigenvalue weighted by Gasteiger charge is -2.34. The second-order valence-electron chi connectivity index (χ2n) is 4.17. The van der Waals surface area contributed by atoms with Crippen molar-refractivity contribution in [3.63, 3.8) is 0 Å². The van der Waals surface area contributed by atoms with Crippen molar-refractivity contribution in [1.82, 2.24) is 4.90 Å². The van der Waals surface area contributed by atoms with Crippen molar-refractivity contribution in [3.8, 4) is 0 Å². The molecule has 15 heavy (non-hydrogen) atoms. The van der Waals surface area contributed by atoms with Gasteiger partial charge in [-0.05, 0) is 37.3 Å². The van der Waals surface area contributed by atoms with E-state index in [4.69, 9.17) is 11.6 Å². The van der Waals surface area contributed by atoms with Crippen molar-refractivity contribution in [3.05, 3.63) is 22.4 Å². The summed E-state index contributed by atoms with van der Waals surface area (Å²) >= 11 is 7.86. The number of nitrogens with zero attached hydrogens (tertiary/aromatic N) is 1. The molecular formula is C12H18ClNS. The van der Waals surface area contributed by atoms with Gasteiger partial charge in [0.25, 0.3) is 0 Å². The number of thiophene rings is 1. The molecule has 1 nitrogen and oxygen atoms in total. The Balaban J connectivity index is 1.81. The molecule has 1 aromatic rings. The average Bonchev–Trinajstić information content (AvgIpc) is 2.79. The summed E-state index contributed by atoms with van der Waals surface area (Å²) in [5, 5.41) is 2.16. The highest BCUT2D eigenvalue weighted by Crippen LogP contribution is 2.19. The summed E-state index contributed by atoms with van der Waals surface area (Å²) in [6, 6.07) is 4.99. The first kappa shape index (κ1) is 11.4. The van der Waals surface area contributed by atoms with Crippen molar-refractivity contribution in [2.24, 2.45) is 0 Å². The molecule has 0 spiro atoms. The summed E-state index contributed by atoms with van der Waals surface area (Å²) in [6.07, 6.45) is 5.17. The minimum absolute atomic E-state index is 0.625. The van der Waals surface area contributed by atoms with Gasteiger partial charge in [-0.3, -0.25) is 4.90 Å². The Hall–Kier alpha value is -0.0500. The zero-order valence-corrected chi connectivity index (χ0v) is 10.6. The number of piperidine rings is 1. The topological polar surface area (TPSA) is 3.24 Å². The number of hydrogen-bond donors (Lipinski definition) is 0. The Morgan fingerprint density at radius 1 is 1.47 bits per heavy atom. The van der Waals surface area contributed by atoms with E-state index >= 15 is 0 Å². The second kappa shape index (κ2) is 5.88. The van der Waals surface area contributed by atoms with E-state index in [1.807, 2.05) is 11.3 Å². The van der Waals surface area contributed by atoms with Crippen LogP contribution in [-0.2, 0) is 6.42 Å². The van der Waals surface area contributed by atoms with Crippen molar-refractivity contribution < 1.29 is 0 Å². The van der Waals surface area contributed by atoms with Crippen LogP contribution >= 0.6 is 22.9 Å². The minimum atomic E-state index is 0.625. The van der Waals surface area contributed by atoms with Crippen molar-refractivity contribution in [2.75, 3.05) is 19.0 Å². The molecule has 0 radical (unpaired) electrons. The van der Waals surface area contributed by atoms with E-state index in [0.29, 0.717) is 6.04 Å². The van der Waals surface area contributed by atoms with Crippen molar-refractivity contribution in [1.29, 1.82) is 0 Å². The van der Waals surface area contributed by atoms with E-state index in [2.05, 4.69) is 22.4 Å². The highest BCUT2D eigenvalue weighted by molar-refractivity contribution is 7.09. The Morgan fingerprint density at radius 2 is 2.40 bits per heavy atom. The molecule has 1 fully saturated rings. The van der Waals surface area contributed by atoms with Crippen molar-refractivity contribution in [2.45, 2.75) is 31.7 Å². The summed E-state index contributed by atoms with van der Waals surface area (Å²) in [5.74, 6) is 0.796. The zero-order chi connectivity index (χ0) is 10.5. The van der Waals surface area contributed by atoms with E-state index in [-0.39, 0.29) is 0 Å². The summed E-state index contributed by atoms with van der Waals surface area (Å²) in [4.78, 5) is 4.06. The predicted octanol–water partition coefficient (Wildman–Crippen LogP) is 3.38. The smallest absolute Gasteiger partial charge is 0.0379 e. The third kappa shape index (κ3) is 3.20. The van der Waals surface area contributed by atoms with E-state index in [1.54, 1.807) is 0 Å². The van der Waals surface area contributed by atoms with Crippen LogP contribution < -0.4 is 0 Å². The first-order valence-electron chi connectivity index (χ1n) is 5.72. The standard InChI is InChI=1S/C12H18ClNS/c13-10-11-4-1-2-7-14(11)8-6-12-5-3-9-15-12/h3,5,9,11H,1-2,4,6-8,10H2. The Morgan fingerprint density at radius 3 is 3.13 bits per heavy atom. The van der Waals surface area contributed by atoms with Gasteiger partial charge >= 0.3 is 0 Å². The van der Waals surface area contributed by atoms with E-state index in [1.165, 1.54) is 43.6 Å². The number of halogens is 1. The number of likely N-dealkylation sites (tertiary alicyclic amines) is 1. The first-order valence-corrected chi connectivity index (χ1v) is 7.14. The molecule has 0 amide bonds. The number of hydrogen-bond acceptors (Lipinski definition) is 2. The van der Waals surface area contributed by atoms with Gasteiger partial charge in [-0.2, -0.15) is 0 Å². The first-order chi connectivity index (χ1) is 7.40. The normalized spacial score (nSPS) is 23.1. The zero-order valence-electron chi connectivity index (χ0n) is 8.99. The van der Waals surface area contributed by atoms with E-state index in [9.17, 15) is 0 Å². The van der Waals surface area contributed by atoms with E-state index in [0.717, 1.165) is 5.88 Å². The van der Waals surface area contributed by atoms with Crippen LogP contribution in [-0.4, -0.2) is 29.9 Å². The van der Waals surface area contributed by atoms with Crippen LogP contribution in [0.15, 0.2) is 17.5 Å². The van der Waals surface area contributed by atoms with Gasteiger partial charge in [-0.1, -0.05) is 12.5 Å². The van der Waals surface area contributed by atoms with E-state index < -0.39 is 0 Å². The Bertz CT molecular complexity index is 273. The SMILES string of the molecule is ClCC1CCCCN1CCc1cccs1. The van der Waals surface area contributed by atoms with Crippen LogP contribution in [0.4, 0.5) is 0 Å². The summed E-state index contributed by atoms with van der Waals surface area (Å²) in [6.45, 7) is 2.42. The molecule has 1 aromatic heterocycles. The maximum atomic E-state index is 6.00. The monoisotopic (exact) mass is 243 g/mol. The van der Waals surface area contributed by atoms with Crippen LogP contribution in [0.5, 0.6) is 0 Å². The molecule has 0 aliphatic carbocycles. The molecule has 0 aromatic carbocycles. The van der Waals surface area contributed by atoms with Gasteiger partial charge in [0.2, 0.25) is 0 Å². The highest BCUT2D eigenvalue weighted by atomic mass is 35.5. The molecule has 2 heterocycles. The quantitative estimate of drug-likeness (QED) is 0.733. The average molecular weight is 244 g/mol. The lowest BCUT2D eigenvalue weighted by atomic mass is 10.0.